The van der Waals surface area contributed by atoms with E-state index < -0.39 is 17.0 Å². The van der Waals surface area contributed by atoms with Crippen LogP contribution in [0.2, 0.25) is 0 Å². The molecule has 2 heterocycles. The number of hydrogen-bond acceptors (Lipinski definition) is 3. The van der Waals surface area contributed by atoms with E-state index in [9.17, 15) is 9.90 Å². The lowest BCUT2D eigenvalue weighted by atomic mass is 9.43. The van der Waals surface area contributed by atoms with Crippen LogP contribution in [0.4, 0.5) is 0 Å². The van der Waals surface area contributed by atoms with Gasteiger partial charge in [0.15, 0.2) is 0 Å². The van der Waals surface area contributed by atoms with Crippen molar-refractivity contribution in [1.29, 1.82) is 0 Å². The summed E-state index contributed by atoms with van der Waals surface area (Å²) >= 11 is 0. The summed E-state index contributed by atoms with van der Waals surface area (Å²) in [5.41, 5.74) is -0.136. The average Bonchev–Trinajstić information content (AvgIpc) is 2.55. The van der Waals surface area contributed by atoms with Crippen LogP contribution in [-0.4, -0.2) is 22.3 Å². The van der Waals surface area contributed by atoms with E-state index >= 15 is 0 Å². The van der Waals surface area contributed by atoms with Crippen molar-refractivity contribution in [3.05, 3.63) is 11.6 Å². The molecule has 5 aliphatic rings. The smallest absolute Gasteiger partial charge is 0.309 e. The van der Waals surface area contributed by atoms with Crippen molar-refractivity contribution in [1.82, 2.24) is 0 Å². The SMILES string of the molecule is CC(C)[C@@]12C=C3CC[C@@H]4[C@](C)(C(=O)O)CCC[C@]4(C)[C@]3(CC1)OO2. The number of carbonyl (C=O) groups is 1. The maximum atomic E-state index is 12.1. The molecule has 0 unspecified atom stereocenters. The molecule has 0 aromatic heterocycles. The molecule has 5 atom stereocenters. The van der Waals surface area contributed by atoms with E-state index in [0.29, 0.717) is 5.92 Å². The first-order valence-electron chi connectivity index (χ1n) is 9.53. The van der Waals surface area contributed by atoms with Gasteiger partial charge < -0.3 is 5.11 Å². The molecule has 3 fully saturated rings. The van der Waals surface area contributed by atoms with Gasteiger partial charge in [0.25, 0.3) is 0 Å². The number of carboxylic acid groups (broad SMARTS) is 1. The van der Waals surface area contributed by atoms with E-state index in [1.165, 1.54) is 5.57 Å². The fraction of sp³-hybridized carbons (Fsp3) is 0.850. The predicted octanol–water partition coefficient (Wildman–Crippen LogP) is 4.49. The topological polar surface area (TPSA) is 55.8 Å². The zero-order valence-corrected chi connectivity index (χ0v) is 15.4. The van der Waals surface area contributed by atoms with Crippen LogP contribution in [0.3, 0.4) is 0 Å². The standard InChI is InChI=1S/C20H30O4/c1-13(2)19-10-11-20(24-23-19)14(12-19)6-7-15-17(3,16(21)22)8-5-9-18(15,20)4/h12-13,15H,5-11H2,1-4H3,(H,21,22)/t15-,17-,18+,19+,20-/m1/s1. The maximum Gasteiger partial charge on any atom is 0.309 e. The minimum atomic E-state index is -0.652. The van der Waals surface area contributed by atoms with E-state index in [4.69, 9.17) is 9.78 Å². The van der Waals surface area contributed by atoms with Gasteiger partial charge in [-0.15, -0.1) is 0 Å². The second-order valence-corrected chi connectivity index (χ2v) is 9.36. The molecule has 24 heavy (non-hydrogen) atoms. The molecule has 1 N–H and O–H groups in total. The Morgan fingerprint density at radius 3 is 2.54 bits per heavy atom. The van der Waals surface area contributed by atoms with Crippen molar-refractivity contribution in [2.24, 2.45) is 22.7 Å². The van der Waals surface area contributed by atoms with Crippen LogP contribution >= 0.6 is 0 Å². The Bertz CT molecular complexity index is 599. The number of fused-ring (bicyclic) bond motifs is 3. The van der Waals surface area contributed by atoms with Crippen LogP contribution < -0.4 is 0 Å². The summed E-state index contributed by atoms with van der Waals surface area (Å²) < 4.78 is 0. The largest absolute Gasteiger partial charge is 0.481 e. The molecule has 0 aromatic rings. The van der Waals surface area contributed by atoms with Crippen molar-refractivity contribution < 1.29 is 19.7 Å². The van der Waals surface area contributed by atoms with E-state index in [0.717, 1.165) is 44.9 Å². The number of hydrogen-bond donors (Lipinski definition) is 1. The molecule has 2 bridgehead atoms. The third-order valence-electron chi connectivity index (χ3n) is 8.17. The van der Waals surface area contributed by atoms with Crippen LogP contribution in [0.1, 0.15) is 72.6 Å². The van der Waals surface area contributed by atoms with Gasteiger partial charge in [-0.1, -0.05) is 27.2 Å². The summed E-state index contributed by atoms with van der Waals surface area (Å²) in [6, 6.07) is 0. The van der Waals surface area contributed by atoms with Crippen LogP contribution in [0, 0.1) is 22.7 Å². The summed E-state index contributed by atoms with van der Waals surface area (Å²) in [5.74, 6) is -0.127. The molecule has 0 amide bonds. The lowest BCUT2D eigenvalue weighted by molar-refractivity contribution is -0.465. The van der Waals surface area contributed by atoms with E-state index in [1.54, 1.807) is 0 Å². The Hall–Kier alpha value is -0.870. The molecule has 3 aliphatic carbocycles. The molecule has 1 spiro atoms. The van der Waals surface area contributed by atoms with Gasteiger partial charge in [0, 0.05) is 5.41 Å². The highest BCUT2D eigenvalue weighted by molar-refractivity contribution is 5.75. The molecule has 2 aliphatic heterocycles. The predicted molar refractivity (Wildman–Crippen MR) is 90.2 cm³/mol. The Kier molecular flexibility index (Phi) is 3.35. The molecule has 1 saturated heterocycles. The van der Waals surface area contributed by atoms with Crippen molar-refractivity contribution >= 4 is 5.97 Å². The van der Waals surface area contributed by atoms with E-state index in [2.05, 4.69) is 26.8 Å². The van der Waals surface area contributed by atoms with Crippen molar-refractivity contribution in [2.45, 2.75) is 83.8 Å². The maximum absolute atomic E-state index is 12.1. The summed E-state index contributed by atoms with van der Waals surface area (Å²) in [4.78, 5) is 24.3. The van der Waals surface area contributed by atoms with Crippen LogP contribution in [0.15, 0.2) is 11.6 Å². The summed E-state index contributed by atoms with van der Waals surface area (Å²) in [7, 11) is 0. The minimum absolute atomic E-state index is 0.140. The summed E-state index contributed by atoms with van der Waals surface area (Å²) in [5, 5.41) is 9.94. The Morgan fingerprint density at radius 2 is 1.96 bits per heavy atom. The normalized spacial score (nSPS) is 50.2. The molecule has 0 radical (unpaired) electrons. The van der Waals surface area contributed by atoms with Gasteiger partial charge in [-0.3, -0.25) is 4.79 Å². The second kappa shape index (κ2) is 4.85. The lowest BCUT2D eigenvalue weighted by Gasteiger charge is -2.66. The van der Waals surface area contributed by atoms with Crippen molar-refractivity contribution in [3.8, 4) is 0 Å². The van der Waals surface area contributed by atoms with Gasteiger partial charge in [-0.25, -0.2) is 9.78 Å². The first-order chi connectivity index (χ1) is 11.2. The van der Waals surface area contributed by atoms with Gasteiger partial charge in [-0.05, 0) is 68.9 Å². The lowest BCUT2D eigenvalue weighted by Crippen LogP contribution is -2.68. The summed E-state index contributed by atoms with van der Waals surface area (Å²) in [6.07, 6.45) is 8.91. The van der Waals surface area contributed by atoms with Crippen LogP contribution in [0.25, 0.3) is 0 Å². The third kappa shape index (κ3) is 1.74. The van der Waals surface area contributed by atoms with E-state index in [1.807, 2.05) is 6.92 Å². The number of aliphatic carboxylic acids is 1. The summed E-state index contributed by atoms with van der Waals surface area (Å²) in [6.45, 7) is 8.60. The highest BCUT2D eigenvalue weighted by atomic mass is 17.2. The second-order valence-electron chi connectivity index (χ2n) is 9.36. The third-order valence-corrected chi connectivity index (χ3v) is 8.17. The monoisotopic (exact) mass is 334 g/mol. The Labute approximate surface area is 144 Å². The Morgan fingerprint density at radius 1 is 1.21 bits per heavy atom. The number of carboxylic acids is 1. The quantitative estimate of drug-likeness (QED) is 0.597. The van der Waals surface area contributed by atoms with Gasteiger partial charge >= 0.3 is 5.97 Å². The molecule has 4 nitrogen and oxygen atoms in total. The molecular weight excluding hydrogens is 304 g/mol. The van der Waals surface area contributed by atoms with Crippen molar-refractivity contribution in [2.75, 3.05) is 0 Å². The molecule has 2 saturated carbocycles. The molecule has 4 heteroatoms. The van der Waals surface area contributed by atoms with Crippen LogP contribution in [0.5, 0.6) is 0 Å². The fourth-order valence-electron chi connectivity index (χ4n) is 6.45. The molecule has 134 valence electrons. The van der Waals surface area contributed by atoms with Gasteiger partial charge in [0.1, 0.15) is 11.2 Å². The Balaban J connectivity index is 1.81. The molecule has 5 rings (SSSR count). The van der Waals surface area contributed by atoms with Crippen molar-refractivity contribution in [3.63, 3.8) is 0 Å². The zero-order chi connectivity index (χ0) is 17.4. The van der Waals surface area contributed by atoms with Gasteiger partial charge in [0.2, 0.25) is 0 Å². The van der Waals surface area contributed by atoms with Gasteiger partial charge in [0.05, 0.1) is 5.41 Å². The first-order valence-corrected chi connectivity index (χ1v) is 9.53. The number of rotatable bonds is 2. The van der Waals surface area contributed by atoms with E-state index in [-0.39, 0.29) is 16.9 Å². The highest BCUT2D eigenvalue weighted by Gasteiger charge is 2.69. The first kappa shape index (κ1) is 16.6. The highest BCUT2D eigenvalue weighted by Crippen LogP contribution is 2.68. The average molecular weight is 334 g/mol. The minimum Gasteiger partial charge on any atom is -0.481 e. The van der Waals surface area contributed by atoms with Gasteiger partial charge in [-0.2, -0.15) is 0 Å². The zero-order valence-electron chi connectivity index (χ0n) is 15.4. The molecular formula is C20H30O4. The fourth-order valence-corrected chi connectivity index (χ4v) is 6.45. The molecule has 0 aromatic carbocycles. The van der Waals surface area contributed by atoms with Crippen LogP contribution in [-0.2, 0) is 14.6 Å².